The molecule has 5 rings (SSSR count). The number of ether oxygens (including phenoxy) is 1. The number of nitrogens with one attached hydrogen (secondary N) is 2. The molecule has 1 saturated heterocycles. The molecule has 0 amide bonds. The maximum Gasteiger partial charge on any atom is 0.144 e. The van der Waals surface area contributed by atoms with Gasteiger partial charge in [0.25, 0.3) is 0 Å². The molecule has 7 nitrogen and oxygen atoms in total. The molecule has 3 heterocycles. The molecule has 2 aromatic carbocycles. The van der Waals surface area contributed by atoms with Gasteiger partial charge >= 0.3 is 0 Å². The highest BCUT2D eigenvalue weighted by atomic mass is 32.1. The minimum Gasteiger partial charge on any atom is -0.495 e. The molecule has 0 radical (unpaired) electrons. The number of methoxy groups -OCH3 is 1. The van der Waals surface area contributed by atoms with Gasteiger partial charge in [-0.05, 0) is 37.7 Å². The van der Waals surface area contributed by atoms with Crippen LogP contribution in [0.5, 0.6) is 5.75 Å². The van der Waals surface area contributed by atoms with Crippen LogP contribution in [0.2, 0.25) is 0 Å². The Hall–Kier alpha value is -3.04. The summed E-state index contributed by atoms with van der Waals surface area (Å²) in [6.07, 6.45) is 1.30. The lowest BCUT2D eigenvalue weighted by atomic mass is 10.0. The molecule has 1 fully saturated rings. The summed E-state index contributed by atoms with van der Waals surface area (Å²) < 4.78 is 21.3. The maximum atomic E-state index is 14.6. The van der Waals surface area contributed by atoms with Crippen molar-refractivity contribution < 1.29 is 9.13 Å². The van der Waals surface area contributed by atoms with Crippen LogP contribution in [-0.4, -0.2) is 59.3 Å². The average Bonchev–Trinajstić information content (AvgIpc) is 3.23. The minimum atomic E-state index is -0.949. The number of aromatic nitrogens is 3. The Bertz CT molecular complexity index is 1230. The van der Waals surface area contributed by atoms with E-state index in [0.29, 0.717) is 18.1 Å². The van der Waals surface area contributed by atoms with Crippen molar-refractivity contribution in [2.24, 2.45) is 0 Å². The second-order valence-corrected chi connectivity index (χ2v) is 8.66. The number of hydrogen-bond donors (Lipinski definition) is 2. The second-order valence-electron chi connectivity index (χ2n) is 7.77. The van der Waals surface area contributed by atoms with Gasteiger partial charge < -0.3 is 20.3 Å². The topological polar surface area (TPSA) is 75.2 Å². The standard InChI is InChI=1S/C22H23FN6OS/c1-29-6-5-16(15(23)10-29)28-19-8-14-18(9-20(19)30-2)24-11-25-22(14)27-13-3-4-17-21(7-13)31-12-26-17/h3-4,7-9,11-12,15-16,28H,5-6,10H2,1-2H3,(H,24,25,27)/t15-,16-/m1/s1. The highest BCUT2D eigenvalue weighted by Crippen LogP contribution is 2.35. The predicted octanol–water partition coefficient (Wildman–Crippen LogP) is 4.45. The normalized spacial score (nSPS) is 19.6. The Kier molecular flexibility index (Phi) is 5.29. The number of likely N-dealkylation sites (tertiary alicyclic amines) is 1. The minimum absolute atomic E-state index is 0.266. The molecule has 1 aliphatic heterocycles. The van der Waals surface area contributed by atoms with E-state index in [1.807, 2.05) is 41.7 Å². The summed E-state index contributed by atoms with van der Waals surface area (Å²) in [7, 11) is 3.55. The van der Waals surface area contributed by atoms with Crippen LogP contribution in [0.25, 0.3) is 21.1 Å². The number of thiazole rings is 1. The average molecular weight is 439 g/mol. The summed E-state index contributed by atoms with van der Waals surface area (Å²) in [5.41, 5.74) is 5.21. The molecule has 0 spiro atoms. The number of piperidine rings is 1. The van der Waals surface area contributed by atoms with Crippen molar-refractivity contribution in [3.63, 3.8) is 0 Å². The molecule has 0 saturated carbocycles. The molecule has 0 unspecified atom stereocenters. The molecule has 0 aliphatic carbocycles. The van der Waals surface area contributed by atoms with Crippen LogP contribution in [0.15, 0.2) is 42.2 Å². The fraction of sp³-hybridized carbons (Fsp3) is 0.318. The fourth-order valence-electron chi connectivity index (χ4n) is 3.95. The number of benzene rings is 2. The third-order valence-electron chi connectivity index (χ3n) is 5.64. The van der Waals surface area contributed by atoms with E-state index in [1.54, 1.807) is 18.4 Å². The second kappa shape index (κ2) is 8.24. The van der Waals surface area contributed by atoms with Gasteiger partial charge in [-0.25, -0.2) is 19.3 Å². The van der Waals surface area contributed by atoms with Crippen LogP contribution < -0.4 is 15.4 Å². The van der Waals surface area contributed by atoms with Gasteiger partial charge in [-0.1, -0.05) is 0 Å². The van der Waals surface area contributed by atoms with E-state index >= 15 is 0 Å². The summed E-state index contributed by atoms with van der Waals surface area (Å²) in [5, 5.41) is 7.58. The Morgan fingerprint density at radius 2 is 2.06 bits per heavy atom. The van der Waals surface area contributed by atoms with E-state index in [9.17, 15) is 4.39 Å². The van der Waals surface area contributed by atoms with Crippen LogP contribution in [-0.2, 0) is 0 Å². The summed E-state index contributed by atoms with van der Waals surface area (Å²) in [5.74, 6) is 1.31. The molecule has 9 heteroatoms. The van der Waals surface area contributed by atoms with Gasteiger partial charge in [-0.2, -0.15) is 0 Å². The van der Waals surface area contributed by atoms with Crippen LogP contribution in [0.3, 0.4) is 0 Å². The lowest BCUT2D eigenvalue weighted by Gasteiger charge is -2.33. The van der Waals surface area contributed by atoms with Crippen molar-refractivity contribution in [3.8, 4) is 5.75 Å². The quantitative estimate of drug-likeness (QED) is 0.477. The summed E-state index contributed by atoms with van der Waals surface area (Å²) >= 11 is 1.59. The Balaban J connectivity index is 1.50. The molecular weight excluding hydrogens is 415 g/mol. The molecule has 160 valence electrons. The number of fused-ring (bicyclic) bond motifs is 2. The van der Waals surface area contributed by atoms with Crippen LogP contribution in [0.1, 0.15) is 6.42 Å². The lowest BCUT2D eigenvalue weighted by molar-refractivity contribution is 0.149. The van der Waals surface area contributed by atoms with Crippen molar-refractivity contribution in [1.82, 2.24) is 19.9 Å². The molecule has 2 aromatic heterocycles. The van der Waals surface area contributed by atoms with Gasteiger partial charge in [0.1, 0.15) is 24.1 Å². The van der Waals surface area contributed by atoms with E-state index in [0.717, 1.165) is 45.5 Å². The van der Waals surface area contributed by atoms with Gasteiger partial charge in [-0.3, -0.25) is 0 Å². The van der Waals surface area contributed by atoms with Crippen molar-refractivity contribution in [2.45, 2.75) is 18.6 Å². The zero-order valence-electron chi connectivity index (χ0n) is 17.3. The van der Waals surface area contributed by atoms with E-state index in [1.165, 1.54) is 6.33 Å². The lowest BCUT2D eigenvalue weighted by Crippen LogP contribution is -2.46. The number of halogens is 1. The smallest absolute Gasteiger partial charge is 0.144 e. The molecule has 4 aromatic rings. The molecule has 2 N–H and O–H groups in total. The van der Waals surface area contributed by atoms with Crippen molar-refractivity contribution in [3.05, 3.63) is 42.2 Å². The fourth-order valence-corrected chi connectivity index (χ4v) is 4.67. The molecule has 31 heavy (non-hydrogen) atoms. The molecule has 2 atom stereocenters. The van der Waals surface area contributed by atoms with E-state index < -0.39 is 6.17 Å². The number of rotatable bonds is 5. The first-order chi connectivity index (χ1) is 15.1. The number of nitrogens with zero attached hydrogens (tertiary/aromatic N) is 4. The monoisotopic (exact) mass is 438 g/mol. The van der Waals surface area contributed by atoms with E-state index in [2.05, 4.69) is 31.7 Å². The van der Waals surface area contributed by atoms with Crippen molar-refractivity contribution >= 4 is 49.6 Å². The van der Waals surface area contributed by atoms with Crippen LogP contribution >= 0.6 is 11.3 Å². The maximum absolute atomic E-state index is 14.6. The summed E-state index contributed by atoms with van der Waals surface area (Å²) in [6.45, 7) is 1.27. The number of alkyl halides is 1. The van der Waals surface area contributed by atoms with Gasteiger partial charge in [-0.15, -0.1) is 11.3 Å². The third-order valence-corrected chi connectivity index (χ3v) is 6.43. The zero-order chi connectivity index (χ0) is 21.4. The highest BCUT2D eigenvalue weighted by Gasteiger charge is 2.28. The molecule has 0 bridgehead atoms. The van der Waals surface area contributed by atoms with Gasteiger partial charge in [0, 0.05) is 30.2 Å². The number of anilines is 3. The Morgan fingerprint density at radius 3 is 2.90 bits per heavy atom. The first-order valence-electron chi connectivity index (χ1n) is 10.1. The van der Waals surface area contributed by atoms with Crippen molar-refractivity contribution in [2.75, 3.05) is 37.9 Å². The largest absolute Gasteiger partial charge is 0.495 e. The Labute approximate surface area is 183 Å². The van der Waals surface area contributed by atoms with Crippen LogP contribution in [0.4, 0.5) is 21.6 Å². The van der Waals surface area contributed by atoms with Gasteiger partial charge in [0.2, 0.25) is 0 Å². The summed E-state index contributed by atoms with van der Waals surface area (Å²) in [4.78, 5) is 15.2. The highest BCUT2D eigenvalue weighted by molar-refractivity contribution is 7.16. The SMILES string of the molecule is COc1cc2ncnc(Nc3ccc4ncsc4c3)c2cc1N[C@@H]1CCN(C)C[C@H]1F. The first kappa shape index (κ1) is 19.9. The zero-order valence-corrected chi connectivity index (χ0v) is 18.1. The van der Waals surface area contributed by atoms with Gasteiger partial charge in [0.05, 0.1) is 40.1 Å². The first-order valence-corrected chi connectivity index (χ1v) is 11.0. The van der Waals surface area contributed by atoms with Gasteiger partial charge in [0.15, 0.2) is 0 Å². The third kappa shape index (κ3) is 3.98. The molecule has 1 aliphatic rings. The van der Waals surface area contributed by atoms with Crippen LogP contribution in [0, 0.1) is 0 Å². The van der Waals surface area contributed by atoms with E-state index in [-0.39, 0.29) is 6.04 Å². The van der Waals surface area contributed by atoms with E-state index in [4.69, 9.17) is 4.74 Å². The molecular formula is C22H23FN6OS. The van der Waals surface area contributed by atoms with Crippen molar-refractivity contribution in [1.29, 1.82) is 0 Å². The summed E-state index contributed by atoms with van der Waals surface area (Å²) in [6, 6.07) is 9.54. The number of hydrogen-bond acceptors (Lipinski definition) is 8. The predicted molar refractivity (Wildman–Crippen MR) is 123 cm³/mol. The Morgan fingerprint density at radius 1 is 1.16 bits per heavy atom.